The van der Waals surface area contributed by atoms with Gasteiger partial charge in [-0.05, 0) is 116 Å². The molecule has 0 saturated heterocycles. The Balaban J connectivity index is 1.57. The lowest BCUT2D eigenvalue weighted by Gasteiger charge is -2.21. The van der Waals surface area contributed by atoms with E-state index in [9.17, 15) is 4.39 Å². The first-order valence-electron chi connectivity index (χ1n) is 14.9. The van der Waals surface area contributed by atoms with E-state index in [2.05, 4.69) is 70.3 Å². The van der Waals surface area contributed by atoms with Crippen molar-refractivity contribution in [2.45, 2.75) is 111 Å². The fraction of sp³-hybridized carbons (Fsp3) is 0.647. The van der Waals surface area contributed by atoms with E-state index in [1.165, 1.54) is 36.8 Å². The van der Waals surface area contributed by atoms with Gasteiger partial charge in [0.05, 0.1) is 6.61 Å². The van der Waals surface area contributed by atoms with E-state index in [-0.39, 0.29) is 0 Å². The fourth-order valence-corrected chi connectivity index (χ4v) is 5.55. The molecule has 206 valence electrons. The van der Waals surface area contributed by atoms with E-state index < -0.39 is 6.17 Å². The van der Waals surface area contributed by atoms with E-state index in [1.54, 1.807) is 6.92 Å². The Morgan fingerprint density at radius 3 is 2.46 bits per heavy atom. The Morgan fingerprint density at radius 1 is 1.03 bits per heavy atom. The molecule has 3 heteroatoms. The van der Waals surface area contributed by atoms with Gasteiger partial charge < -0.3 is 10.1 Å². The van der Waals surface area contributed by atoms with Crippen molar-refractivity contribution >= 4 is 5.69 Å². The van der Waals surface area contributed by atoms with Crippen LogP contribution >= 0.6 is 0 Å². The molecule has 0 radical (unpaired) electrons. The summed E-state index contributed by atoms with van der Waals surface area (Å²) in [5.74, 6) is 3.06. The summed E-state index contributed by atoms with van der Waals surface area (Å²) in [6, 6.07) is 14.9. The number of anilines is 1. The van der Waals surface area contributed by atoms with Gasteiger partial charge in [0.15, 0.2) is 0 Å². The lowest BCUT2D eigenvalue weighted by molar-refractivity contribution is 0.233. The van der Waals surface area contributed by atoms with Gasteiger partial charge in [0.25, 0.3) is 0 Å². The van der Waals surface area contributed by atoms with Crippen molar-refractivity contribution in [1.29, 1.82) is 0 Å². The first-order chi connectivity index (χ1) is 17.7. The zero-order chi connectivity index (χ0) is 26.8. The minimum atomic E-state index is -0.951. The van der Waals surface area contributed by atoms with E-state index in [0.29, 0.717) is 17.3 Å². The molecular formula is C34H52FNO. The fourth-order valence-electron chi connectivity index (χ4n) is 5.55. The van der Waals surface area contributed by atoms with Crippen LogP contribution in [0.5, 0.6) is 5.75 Å². The molecule has 1 aliphatic rings. The molecule has 0 aliphatic heterocycles. The highest BCUT2D eigenvalue weighted by Gasteiger charge is 2.31. The van der Waals surface area contributed by atoms with E-state index in [1.807, 2.05) is 12.1 Å². The third-order valence-electron chi connectivity index (χ3n) is 7.93. The van der Waals surface area contributed by atoms with Crippen LogP contribution in [0, 0.1) is 17.3 Å². The van der Waals surface area contributed by atoms with Crippen molar-refractivity contribution in [3.8, 4) is 5.75 Å². The zero-order valence-corrected chi connectivity index (χ0v) is 24.4. The molecule has 2 aromatic rings. The van der Waals surface area contributed by atoms with Gasteiger partial charge in [-0.1, -0.05) is 65.3 Å². The average molecular weight is 510 g/mol. The maximum atomic E-state index is 14.1. The predicted molar refractivity (Wildman–Crippen MR) is 158 cm³/mol. The smallest absolute Gasteiger partial charge is 0.122 e. The zero-order valence-electron chi connectivity index (χ0n) is 24.4. The summed E-state index contributed by atoms with van der Waals surface area (Å²) in [5.41, 5.74) is 4.94. The predicted octanol–water partition coefficient (Wildman–Crippen LogP) is 10.3. The highest BCUT2D eigenvalue weighted by atomic mass is 19.1. The topological polar surface area (TPSA) is 21.3 Å². The lowest BCUT2D eigenvalue weighted by Crippen LogP contribution is -2.17. The third kappa shape index (κ3) is 9.98. The second kappa shape index (κ2) is 14.2. The van der Waals surface area contributed by atoms with Crippen LogP contribution in [0.1, 0.15) is 122 Å². The molecule has 2 nitrogen and oxygen atoms in total. The second-order valence-corrected chi connectivity index (χ2v) is 12.6. The summed E-state index contributed by atoms with van der Waals surface area (Å²) in [6.45, 7) is 14.7. The summed E-state index contributed by atoms with van der Waals surface area (Å²) in [4.78, 5) is 0. The van der Waals surface area contributed by atoms with Gasteiger partial charge in [-0.15, -0.1) is 0 Å². The average Bonchev–Trinajstić information content (AvgIpc) is 3.68. The first kappa shape index (κ1) is 29.5. The van der Waals surface area contributed by atoms with Gasteiger partial charge in [0, 0.05) is 12.2 Å². The molecule has 0 heterocycles. The number of hydrogen-bond donors (Lipinski definition) is 1. The molecule has 0 aromatic heterocycles. The van der Waals surface area contributed by atoms with Crippen LogP contribution < -0.4 is 10.1 Å². The SMILES string of the molecule is CCCC(CCNc1cc(C(C)F)ccc1CCCC(C)(C)C)COc1cccc(C(CC)C2CC2)c1. The molecular weight excluding hydrogens is 457 g/mol. The van der Waals surface area contributed by atoms with Crippen molar-refractivity contribution in [2.24, 2.45) is 17.3 Å². The van der Waals surface area contributed by atoms with Crippen LogP contribution in [0.2, 0.25) is 0 Å². The van der Waals surface area contributed by atoms with E-state index in [0.717, 1.165) is 68.2 Å². The molecule has 1 fully saturated rings. The van der Waals surface area contributed by atoms with Gasteiger partial charge >= 0.3 is 0 Å². The van der Waals surface area contributed by atoms with Gasteiger partial charge in [-0.2, -0.15) is 0 Å². The molecule has 37 heavy (non-hydrogen) atoms. The summed E-state index contributed by atoms with van der Waals surface area (Å²) >= 11 is 0. The van der Waals surface area contributed by atoms with Crippen molar-refractivity contribution in [3.05, 3.63) is 59.2 Å². The maximum absolute atomic E-state index is 14.1. The number of nitrogens with one attached hydrogen (secondary N) is 1. The summed E-state index contributed by atoms with van der Waals surface area (Å²) in [5, 5.41) is 3.67. The molecule has 3 unspecified atom stereocenters. The van der Waals surface area contributed by atoms with Crippen LogP contribution in [-0.4, -0.2) is 13.2 Å². The number of benzene rings is 2. The van der Waals surface area contributed by atoms with Crippen molar-refractivity contribution in [3.63, 3.8) is 0 Å². The van der Waals surface area contributed by atoms with Crippen molar-refractivity contribution in [2.75, 3.05) is 18.5 Å². The van der Waals surface area contributed by atoms with Crippen LogP contribution in [0.4, 0.5) is 10.1 Å². The molecule has 1 N–H and O–H groups in total. The Kier molecular flexibility index (Phi) is 11.3. The summed E-state index contributed by atoms with van der Waals surface area (Å²) in [7, 11) is 0. The van der Waals surface area contributed by atoms with Crippen molar-refractivity contribution in [1.82, 2.24) is 0 Å². The Bertz CT molecular complexity index is 943. The van der Waals surface area contributed by atoms with Gasteiger partial charge in [0.1, 0.15) is 11.9 Å². The summed E-state index contributed by atoms with van der Waals surface area (Å²) in [6.07, 6.45) is 9.72. The highest BCUT2D eigenvalue weighted by molar-refractivity contribution is 5.54. The van der Waals surface area contributed by atoms with Gasteiger partial charge in [-0.25, -0.2) is 4.39 Å². The molecule has 3 atom stereocenters. The number of hydrogen-bond acceptors (Lipinski definition) is 2. The molecule has 2 aromatic carbocycles. The molecule has 0 amide bonds. The standard InChI is InChI=1S/C34H52FNO/c1-7-11-26(24-37-31-14-9-12-30(22-31)32(8-2)27-15-16-27)19-21-36-33-23-29(25(3)35)18-17-28(33)13-10-20-34(4,5)6/h9,12,14,17-18,22-23,25-27,32,36H,7-8,10-11,13,15-16,19-21,24H2,1-6H3. The van der Waals surface area contributed by atoms with Gasteiger partial charge in [0.2, 0.25) is 0 Å². The quantitative estimate of drug-likeness (QED) is 0.243. The molecule has 0 bridgehead atoms. The highest BCUT2D eigenvalue weighted by Crippen LogP contribution is 2.44. The first-order valence-corrected chi connectivity index (χ1v) is 14.9. The maximum Gasteiger partial charge on any atom is 0.122 e. The monoisotopic (exact) mass is 509 g/mol. The van der Waals surface area contributed by atoms with E-state index >= 15 is 0 Å². The molecule has 3 rings (SSSR count). The number of halogens is 1. The van der Waals surface area contributed by atoms with Crippen LogP contribution in [-0.2, 0) is 6.42 Å². The van der Waals surface area contributed by atoms with Crippen molar-refractivity contribution < 1.29 is 9.13 Å². The Hall–Kier alpha value is -2.03. The minimum Gasteiger partial charge on any atom is -0.493 e. The number of alkyl halides is 1. The van der Waals surface area contributed by atoms with Gasteiger partial charge in [-0.3, -0.25) is 0 Å². The third-order valence-corrected chi connectivity index (χ3v) is 7.93. The summed E-state index contributed by atoms with van der Waals surface area (Å²) < 4.78 is 20.4. The largest absolute Gasteiger partial charge is 0.493 e. The molecule has 0 spiro atoms. The number of ether oxygens (including phenoxy) is 1. The molecule has 1 saturated carbocycles. The normalized spacial score (nSPS) is 16.3. The van der Waals surface area contributed by atoms with Crippen LogP contribution in [0.3, 0.4) is 0 Å². The second-order valence-electron chi connectivity index (χ2n) is 12.6. The number of aryl methyl sites for hydroxylation is 1. The minimum absolute atomic E-state index is 0.337. The number of rotatable bonds is 16. The van der Waals surface area contributed by atoms with Crippen LogP contribution in [0.15, 0.2) is 42.5 Å². The molecule has 1 aliphatic carbocycles. The Labute approximate surface area is 226 Å². The van der Waals surface area contributed by atoms with Crippen LogP contribution in [0.25, 0.3) is 0 Å². The lowest BCUT2D eigenvalue weighted by atomic mass is 9.88. The van der Waals surface area contributed by atoms with E-state index in [4.69, 9.17) is 4.74 Å². The Morgan fingerprint density at radius 2 is 1.81 bits per heavy atom.